The molecule has 3 heteroatoms. The highest BCUT2D eigenvalue weighted by Crippen LogP contribution is 2.16. The van der Waals surface area contributed by atoms with E-state index in [1.807, 2.05) is 0 Å². The van der Waals surface area contributed by atoms with Gasteiger partial charge < -0.3 is 10.1 Å². The van der Waals surface area contributed by atoms with E-state index < -0.39 is 0 Å². The summed E-state index contributed by atoms with van der Waals surface area (Å²) in [4.78, 5) is 2.49. The molecule has 1 N–H and O–H groups in total. The summed E-state index contributed by atoms with van der Waals surface area (Å²) >= 11 is 0. The van der Waals surface area contributed by atoms with Crippen molar-refractivity contribution in [2.45, 2.75) is 26.0 Å². The average Bonchev–Trinajstić information content (AvgIpc) is 2.39. The Balaban J connectivity index is 1.97. The maximum atomic E-state index is 5.59. The number of rotatable bonds is 5. The van der Waals surface area contributed by atoms with Gasteiger partial charge in [-0.25, -0.2) is 0 Å². The standard InChI is InChI=1S/C15H24N2O/c1-3-16-15(14-7-5-4-6-8-14)12-17-9-10-18-13(2)11-17/h4-8,13,15-16H,3,9-12H2,1-2H3. The molecule has 2 rings (SSSR count). The number of hydrogen-bond acceptors (Lipinski definition) is 3. The molecular weight excluding hydrogens is 224 g/mol. The molecule has 1 aliphatic rings. The smallest absolute Gasteiger partial charge is 0.0674 e. The van der Waals surface area contributed by atoms with E-state index in [-0.39, 0.29) is 0 Å². The van der Waals surface area contributed by atoms with Gasteiger partial charge in [0.05, 0.1) is 12.7 Å². The zero-order chi connectivity index (χ0) is 12.8. The van der Waals surface area contributed by atoms with Crippen LogP contribution in [0.2, 0.25) is 0 Å². The lowest BCUT2D eigenvalue weighted by atomic mass is 10.1. The van der Waals surface area contributed by atoms with Crippen molar-refractivity contribution in [2.75, 3.05) is 32.8 Å². The van der Waals surface area contributed by atoms with Gasteiger partial charge in [-0.2, -0.15) is 0 Å². The van der Waals surface area contributed by atoms with E-state index in [0.717, 1.165) is 32.8 Å². The van der Waals surface area contributed by atoms with Gasteiger partial charge in [0.25, 0.3) is 0 Å². The highest BCUT2D eigenvalue weighted by molar-refractivity contribution is 5.19. The Labute approximate surface area is 110 Å². The van der Waals surface area contributed by atoms with Gasteiger partial charge in [0, 0.05) is 25.7 Å². The molecule has 0 spiro atoms. The van der Waals surface area contributed by atoms with Crippen LogP contribution in [0, 0.1) is 0 Å². The Kier molecular flexibility index (Phi) is 5.17. The summed E-state index contributed by atoms with van der Waals surface area (Å²) in [5, 5.41) is 3.58. The minimum absolute atomic E-state index is 0.358. The van der Waals surface area contributed by atoms with Crippen molar-refractivity contribution < 1.29 is 4.74 Å². The van der Waals surface area contributed by atoms with E-state index >= 15 is 0 Å². The molecule has 0 amide bonds. The van der Waals surface area contributed by atoms with Crippen LogP contribution in [0.4, 0.5) is 0 Å². The minimum Gasteiger partial charge on any atom is -0.376 e. The third-order valence-electron chi connectivity index (χ3n) is 3.42. The Morgan fingerprint density at radius 1 is 1.39 bits per heavy atom. The fourth-order valence-corrected chi connectivity index (χ4v) is 2.53. The number of hydrogen-bond donors (Lipinski definition) is 1. The molecule has 1 heterocycles. The number of nitrogens with one attached hydrogen (secondary N) is 1. The van der Waals surface area contributed by atoms with Crippen LogP contribution < -0.4 is 5.32 Å². The number of ether oxygens (including phenoxy) is 1. The summed E-state index contributed by atoms with van der Waals surface area (Å²) in [5.41, 5.74) is 1.37. The van der Waals surface area contributed by atoms with Crippen LogP contribution in [0.15, 0.2) is 30.3 Å². The quantitative estimate of drug-likeness (QED) is 0.863. The van der Waals surface area contributed by atoms with Crippen LogP contribution in [0.1, 0.15) is 25.5 Å². The van der Waals surface area contributed by atoms with Gasteiger partial charge in [-0.15, -0.1) is 0 Å². The minimum atomic E-state index is 0.358. The second-order valence-electron chi connectivity index (χ2n) is 4.96. The van der Waals surface area contributed by atoms with Crippen LogP contribution in [-0.2, 0) is 4.74 Å². The van der Waals surface area contributed by atoms with E-state index in [0.29, 0.717) is 12.1 Å². The van der Waals surface area contributed by atoms with Crippen molar-refractivity contribution in [1.29, 1.82) is 0 Å². The lowest BCUT2D eigenvalue weighted by Crippen LogP contribution is -2.45. The van der Waals surface area contributed by atoms with Gasteiger partial charge >= 0.3 is 0 Å². The summed E-state index contributed by atoms with van der Waals surface area (Å²) in [6.07, 6.45) is 0.358. The first-order valence-corrected chi connectivity index (χ1v) is 6.92. The Hall–Kier alpha value is -0.900. The number of morpholine rings is 1. The Bertz CT molecular complexity index is 342. The fourth-order valence-electron chi connectivity index (χ4n) is 2.53. The Morgan fingerprint density at radius 2 is 2.17 bits per heavy atom. The topological polar surface area (TPSA) is 24.5 Å². The van der Waals surface area contributed by atoms with E-state index in [9.17, 15) is 0 Å². The number of benzene rings is 1. The van der Waals surface area contributed by atoms with Crippen LogP contribution in [0.3, 0.4) is 0 Å². The van der Waals surface area contributed by atoms with Gasteiger partial charge in [-0.05, 0) is 19.0 Å². The van der Waals surface area contributed by atoms with Crippen LogP contribution >= 0.6 is 0 Å². The predicted octanol–water partition coefficient (Wildman–Crippen LogP) is 2.06. The van der Waals surface area contributed by atoms with Gasteiger partial charge in [-0.3, -0.25) is 4.90 Å². The molecule has 2 unspecified atom stereocenters. The molecule has 0 radical (unpaired) electrons. The summed E-state index contributed by atoms with van der Waals surface area (Å²) in [7, 11) is 0. The van der Waals surface area contributed by atoms with E-state index in [1.165, 1.54) is 5.56 Å². The van der Waals surface area contributed by atoms with Crippen LogP contribution in [0.25, 0.3) is 0 Å². The first-order valence-electron chi connectivity index (χ1n) is 6.92. The molecular formula is C15H24N2O. The highest BCUT2D eigenvalue weighted by atomic mass is 16.5. The summed E-state index contributed by atoms with van der Waals surface area (Å²) in [6, 6.07) is 11.1. The lowest BCUT2D eigenvalue weighted by molar-refractivity contribution is -0.0210. The highest BCUT2D eigenvalue weighted by Gasteiger charge is 2.20. The zero-order valence-electron chi connectivity index (χ0n) is 11.4. The molecule has 1 aromatic carbocycles. The van der Waals surface area contributed by atoms with Crippen LogP contribution in [-0.4, -0.2) is 43.8 Å². The van der Waals surface area contributed by atoms with Gasteiger partial charge in [-0.1, -0.05) is 37.3 Å². The first-order chi connectivity index (χ1) is 8.79. The van der Waals surface area contributed by atoms with Crippen LogP contribution in [0.5, 0.6) is 0 Å². The van der Waals surface area contributed by atoms with Gasteiger partial charge in [0.2, 0.25) is 0 Å². The molecule has 2 atom stereocenters. The molecule has 18 heavy (non-hydrogen) atoms. The average molecular weight is 248 g/mol. The second kappa shape index (κ2) is 6.88. The van der Waals surface area contributed by atoms with Crippen molar-refractivity contribution in [3.63, 3.8) is 0 Å². The fraction of sp³-hybridized carbons (Fsp3) is 0.600. The number of likely N-dealkylation sites (N-methyl/N-ethyl adjacent to an activating group) is 1. The predicted molar refractivity (Wildman–Crippen MR) is 74.7 cm³/mol. The summed E-state index contributed by atoms with van der Waals surface area (Å²) < 4.78 is 5.59. The Morgan fingerprint density at radius 3 is 2.83 bits per heavy atom. The zero-order valence-corrected chi connectivity index (χ0v) is 11.4. The largest absolute Gasteiger partial charge is 0.376 e. The second-order valence-corrected chi connectivity index (χ2v) is 4.96. The third-order valence-corrected chi connectivity index (χ3v) is 3.42. The SMILES string of the molecule is CCNC(CN1CCOC(C)C1)c1ccccc1. The van der Waals surface area contributed by atoms with E-state index in [2.05, 4.69) is 54.4 Å². The van der Waals surface area contributed by atoms with E-state index in [4.69, 9.17) is 4.74 Å². The molecule has 0 bridgehead atoms. The molecule has 0 aromatic heterocycles. The van der Waals surface area contributed by atoms with E-state index in [1.54, 1.807) is 0 Å². The summed E-state index contributed by atoms with van der Waals surface area (Å²) in [6.45, 7) is 9.31. The van der Waals surface area contributed by atoms with Gasteiger partial charge in [0.1, 0.15) is 0 Å². The maximum Gasteiger partial charge on any atom is 0.0674 e. The van der Waals surface area contributed by atoms with Crippen molar-refractivity contribution >= 4 is 0 Å². The third kappa shape index (κ3) is 3.80. The van der Waals surface area contributed by atoms with Crippen molar-refractivity contribution in [3.05, 3.63) is 35.9 Å². The monoisotopic (exact) mass is 248 g/mol. The molecule has 100 valence electrons. The molecule has 1 fully saturated rings. The van der Waals surface area contributed by atoms with Crippen molar-refractivity contribution in [3.8, 4) is 0 Å². The maximum absolute atomic E-state index is 5.59. The van der Waals surface area contributed by atoms with Gasteiger partial charge in [0.15, 0.2) is 0 Å². The summed E-state index contributed by atoms with van der Waals surface area (Å²) in [5.74, 6) is 0. The molecule has 0 saturated carbocycles. The molecule has 1 aliphatic heterocycles. The first kappa shape index (κ1) is 13.5. The number of nitrogens with zero attached hydrogens (tertiary/aromatic N) is 1. The molecule has 0 aliphatic carbocycles. The lowest BCUT2D eigenvalue weighted by Gasteiger charge is -2.34. The molecule has 1 aromatic rings. The molecule has 1 saturated heterocycles. The molecule has 3 nitrogen and oxygen atoms in total. The normalized spacial score (nSPS) is 22.9. The van der Waals surface area contributed by atoms with Crippen molar-refractivity contribution in [2.24, 2.45) is 0 Å². The van der Waals surface area contributed by atoms with Crippen molar-refractivity contribution in [1.82, 2.24) is 10.2 Å².